The molecule has 15 heavy (non-hydrogen) atoms. The molecule has 3 N–H and O–H groups in total. The molecular formula is C10H16N2O3. The smallest absolute Gasteiger partial charge is 0.351 e. The molecule has 0 bridgehead atoms. The van der Waals surface area contributed by atoms with Crippen molar-refractivity contribution < 1.29 is 14.3 Å². The summed E-state index contributed by atoms with van der Waals surface area (Å²) in [6.45, 7) is 5.22. The molecule has 1 amide bonds. The normalized spacial score (nSPS) is 26.0. The predicted octanol–water partition coefficient (Wildman–Crippen LogP) is 0.0592. The number of ether oxygens (including phenoxy) is 1. The zero-order valence-corrected chi connectivity index (χ0v) is 9.16. The van der Waals surface area contributed by atoms with Crippen molar-refractivity contribution in [3.8, 4) is 0 Å². The predicted molar refractivity (Wildman–Crippen MR) is 54.7 cm³/mol. The number of hydrogen-bond donors (Lipinski definition) is 2. The second-order valence-corrected chi connectivity index (χ2v) is 4.53. The van der Waals surface area contributed by atoms with Crippen molar-refractivity contribution in [1.82, 2.24) is 5.32 Å². The number of amides is 1. The summed E-state index contributed by atoms with van der Waals surface area (Å²) in [5.41, 5.74) is 3.56. The van der Waals surface area contributed by atoms with Crippen LogP contribution in [0.15, 0.2) is 12.2 Å². The van der Waals surface area contributed by atoms with E-state index in [-0.39, 0.29) is 12.3 Å². The SMILES string of the molecule is CC(C)(C)OC(=O)C1(N)C=CCC(=O)N1. The van der Waals surface area contributed by atoms with Crippen molar-refractivity contribution in [2.24, 2.45) is 5.73 Å². The Morgan fingerprint density at radius 3 is 2.67 bits per heavy atom. The van der Waals surface area contributed by atoms with Gasteiger partial charge in [0.05, 0.1) is 0 Å². The molecule has 0 saturated carbocycles. The molecule has 84 valence electrons. The lowest BCUT2D eigenvalue weighted by Gasteiger charge is -2.31. The average Bonchev–Trinajstić information content (AvgIpc) is 2.00. The van der Waals surface area contributed by atoms with E-state index < -0.39 is 17.2 Å². The van der Waals surface area contributed by atoms with Gasteiger partial charge in [0.15, 0.2) is 0 Å². The number of esters is 1. The molecule has 0 spiro atoms. The van der Waals surface area contributed by atoms with E-state index in [0.717, 1.165) is 0 Å². The Kier molecular flexibility index (Phi) is 2.86. The van der Waals surface area contributed by atoms with Crippen LogP contribution in [-0.4, -0.2) is 23.1 Å². The third-order valence-corrected chi connectivity index (χ3v) is 1.77. The molecule has 1 aliphatic rings. The van der Waals surface area contributed by atoms with Crippen LogP contribution in [0.4, 0.5) is 0 Å². The molecule has 0 aromatic heterocycles. The molecule has 1 atom stereocenters. The van der Waals surface area contributed by atoms with E-state index in [1.807, 2.05) is 0 Å². The van der Waals surface area contributed by atoms with Crippen molar-refractivity contribution >= 4 is 11.9 Å². The Bertz CT molecular complexity index is 317. The summed E-state index contributed by atoms with van der Waals surface area (Å²) < 4.78 is 5.10. The third-order valence-electron chi connectivity index (χ3n) is 1.77. The van der Waals surface area contributed by atoms with Gasteiger partial charge in [-0.1, -0.05) is 6.08 Å². The van der Waals surface area contributed by atoms with Crippen molar-refractivity contribution in [2.75, 3.05) is 0 Å². The number of carbonyl (C=O) groups excluding carboxylic acids is 2. The average molecular weight is 212 g/mol. The second-order valence-electron chi connectivity index (χ2n) is 4.53. The molecule has 0 aromatic rings. The van der Waals surface area contributed by atoms with Crippen LogP contribution in [-0.2, 0) is 14.3 Å². The molecule has 0 saturated heterocycles. The van der Waals surface area contributed by atoms with E-state index >= 15 is 0 Å². The van der Waals surface area contributed by atoms with E-state index in [2.05, 4.69) is 5.32 Å². The van der Waals surface area contributed by atoms with Crippen LogP contribution in [0.3, 0.4) is 0 Å². The van der Waals surface area contributed by atoms with Gasteiger partial charge in [0.25, 0.3) is 0 Å². The molecule has 1 unspecified atom stereocenters. The first-order valence-corrected chi connectivity index (χ1v) is 4.74. The number of carbonyl (C=O) groups is 2. The highest BCUT2D eigenvalue weighted by molar-refractivity contribution is 5.91. The monoisotopic (exact) mass is 212 g/mol. The lowest BCUT2D eigenvalue weighted by atomic mass is 10.1. The van der Waals surface area contributed by atoms with Crippen molar-refractivity contribution in [2.45, 2.75) is 38.5 Å². The minimum Gasteiger partial charge on any atom is -0.457 e. The second kappa shape index (κ2) is 3.66. The number of nitrogens with two attached hydrogens (primary N) is 1. The van der Waals surface area contributed by atoms with Crippen LogP contribution in [0.25, 0.3) is 0 Å². The van der Waals surface area contributed by atoms with E-state index in [1.54, 1.807) is 26.8 Å². The van der Waals surface area contributed by atoms with Crippen LogP contribution in [0, 0.1) is 0 Å². The fourth-order valence-electron chi connectivity index (χ4n) is 1.16. The van der Waals surface area contributed by atoms with Gasteiger partial charge in [-0.15, -0.1) is 0 Å². The largest absolute Gasteiger partial charge is 0.457 e. The Morgan fingerprint density at radius 1 is 1.60 bits per heavy atom. The Hall–Kier alpha value is -1.36. The first kappa shape index (κ1) is 11.7. The molecule has 0 aliphatic carbocycles. The highest BCUT2D eigenvalue weighted by Crippen LogP contribution is 2.14. The van der Waals surface area contributed by atoms with Crippen molar-refractivity contribution in [1.29, 1.82) is 0 Å². The van der Waals surface area contributed by atoms with Crippen molar-refractivity contribution in [3.63, 3.8) is 0 Å². The molecule has 0 aromatic carbocycles. The lowest BCUT2D eigenvalue weighted by molar-refractivity contribution is -0.162. The van der Waals surface area contributed by atoms with Crippen LogP contribution in [0.5, 0.6) is 0 Å². The molecule has 1 aliphatic heterocycles. The molecule has 0 radical (unpaired) electrons. The quantitative estimate of drug-likeness (QED) is 0.475. The maximum Gasteiger partial charge on any atom is 0.351 e. The fraction of sp³-hybridized carbons (Fsp3) is 0.600. The Morgan fingerprint density at radius 2 is 2.20 bits per heavy atom. The van der Waals surface area contributed by atoms with Crippen molar-refractivity contribution in [3.05, 3.63) is 12.2 Å². The number of rotatable bonds is 1. The van der Waals surface area contributed by atoms with Crippen LogP contribution in [0.1, 0.15) is 27.2 Å². The highest BCUT2D eigenvalue weighted by Gasteiger charge is 2.38. The standard InChI is InChI=1S/C10H16N2O3/c1-9(2,3)15-8(14)10(11)6-4-5-7(13)12-10/h4,6H,5,11H2,1-3H3,(H,12,13). The van der Waals surface area contributed by atoms with E-state index in [1.165, 1.54) is 6.08 Å². The summed E-state index contributed by atoms with van der Waals surface area (Å²) in [4.78, 5) is 22.8. The summed E-state index contributed by atoms with van der Waals surface area (Å²) in [5.74, 6) is -0.940. The lowest BCUT2D eigenvalue weighted by Crippen LogP contribution is -2.63. The third kappa shape index (κ3) is 3.06. The van der Waals surface area contributed by atoms with Gasteiger partial charge < -0.3 is 10.1 Å². The maximum atomic E-state index is 11.7. The summed E-state index contributed by atoms with van der Waals surface area (Å²) >= 11 is 0. The molecule has 5 nitrogen and oxygen atoms in total. The van der Waals surface area contributed by atoms with E-state index in [0.29, 0.717) is 0 Å². The molecular weight excluding hydrogens is 196 g/mol. The zero-order chi connectivity index (χ0) is 11.7. The summed E-state index contributed by atoms with van der Waals surface area (Å²) in [5, 5.41) is 2.39. The van der Waals surface area contributed by atoms with Gasteiger partial charge in [-0.05, 0) is 26.8 Å². The van der Waals surface area contributed by atoms with Gasteiger partial charge in [-0.2, -0.15) is 0 Å². The topological polar surface area (TPSA) is 81.4 Å². The van der Waals surface area contributed by atoms with Gasteiger partial charge in [0.1, 0.15) is 5.60 Å². The van der Waals surface area contributed by atoms with Gasteiger partial charge in [-0.3, -0.25) is 10.5 Å². The van der Waals surface area contributed by atoms with Crippen LogP contribution < -0.4 is 11.1 Å². The first-order valence-electron chi connectivity index (χ1n) is 4.74. The van der Waals surface area contributed by atoms with E-state index in [4.69, 9.17) is 10.5 Å². The Balaban J connectivity index is 2.78. The van der Waals surface area contributed by atoms with Gasteiger partial charge >= 0.3 is 5.97 Å². The molecule has 1 heterocycles. The molecule has 5 heteroatoms. The first-order chi connectivity index (χ1) is 6.73. The maximum absolute atomic E-state index is 11.7. The van der Waals surface area contributed by atoms with Crippen LogP contribution in [0.2, 0.25) is 0 Å². The van der Waals surface area contributed by atoms with E-state index in [9.17, 15) is 9.59 Å². The van der Waals surface area contributed by atoms with Crippen LogP contribution >= 0.6 is 0 Å². The van der Waals surface area contributed by atoms with Gasteiger partial charge in [0, 0.05) is 6.42 Å². The Labute approximate surface area is 88.7 Å². The highest BCUT2D eigenvalue weighted by atomic mass is 16.6. The van der Waals surface area contributed by atoms with Gasteiger partial charge in [-0.25, -0.2) is 4.79 Å². The summed E-state index contributed by atoms with van der Waals surface area (Å²) in [7, 11) is 0. The minimum atomic E-state index is -1.53. The molecule has 0 fully saturated rings. The number of nitrogens with one attached hydrogen (secondary N) is 1. The summed E-state index contributed by atoms with van der Waals surface area (Å²) in [6, 6.07) is 0. The zero-order valence-electron chi connectivity index (χ0n) is 9.16. The number of hydrogen-bond acceptors (Lipinski definition) is 4. The van der Waals surface area contributed by atoms with Gasteiger partial charge in [0.2, 0.25) is 11.6 Å². The minimum absolute atomic E-state index is 0.238. The summed E-state index contributed by atoms with van der Waals surface area (Å²) in [6.07, 6.45) is 3.24. The molecule has 1 rings (SSSR count). The fourth-order valence-corrected chi connectivity index (χ4v) is 1.16.